The van der Waals surface area contributed by atoms with Gasteiger partial charge in [0.25, 0.3) is 0 Å². The first-order valence-electron chi connectivity index (χ1n) is 7.24. The molecule has 2 N–H and O–H groups in total. The summed E-state index contributed by atoms with van der Waals surface area (Å²) >= 11 is 0. The zero-order valence-electron chi connectivity index (χ0n) is 12.2. The van der Waals surface area contributed by atoms with Crippen molar-refractivity contribution in [3.8, 4) is 0 Å². The van der Waals surface area contributed by atoms with Gasteiger partial charge in [-0.25, -0.2) is 14.4 Å². The number of aromatic nitrogens is 2. The van der Waals surface area contributed by atoms with Crippen LogP contribution in [0.2, 0.25) is 0 Å². The summed E-state index contributed by atoms with van der Waals surface area (Å²) in [6.45, 7) is 2.03. The normalized spacial score (nSPS) is 15.6. The van der Waals surface area contributed by atoms with Gasteiger partial charge in [-0.3, -0.25) is 0 Å². The van der Waals surface area contributed by atoms with E-state index in [2.05, 4.69) is 20.6 Å². The van der Waals surface area contributed by atoms with E-state index in [1.807, 2.05) is 20.0 Å². The van der Waals surface area contributed by atoms with Crippen molar-refractivity contribution in [2.75, 3.05) is 17.7 Å². The zero-order chi connectivity index (χ0) is 14.8. The van der Waals surface area contributed by atoms with E-state index in [4.69, 9.17) is 0 Å². The average Bonchev–Trinajstić information content (AvgIpc) is 3.32. The highest BCUT2D eigenvalue weighted by atomic mass is 19.1. The van der Waals surface area contributed by atoms with E-state index in [9.17, 15) is 4.39 Å². The molecule has 110 valence electrons. The molecule has 1 heterocycles. The molecule has 1 aromatic carbocycles. The molecule has 1 unspecified atom stereocenters. The molecule has 1 saturated carbocycles. The van der Waals surface area contributed by atoms with Crippen LogP contribution >= 0.6 is 0 Å². The molecule has 4 nitrogen and oxygen atoms in total. The maximum absolute atomic E-state index is 13.0. The van der Waals surface area contributed by atoms with Crippen LogP contribution in [0.1, 0.15) is 43.1 Å². The molecule has 2 aromatic rings. The van der Waals surface area contributed by atoms with Gasteiger partial charge in [0, 0.05) is 25.1 Å². The second-order valence-electron chi connectivity index (χ2n) is 5.44. The first-order valence-corrected chi connectivity index (χ1v) is 7.24. The minimum absolute atomic E-state index is 0.0530. The maximum Gasteiger partial charge on any atom is 0.136 e. The van der Waals surface area contributed by atoms with Gasteiger partial charge in [0.05, 0.1) is 0 Å². The topological polar surface area (TPSA) is 49.8 Å². The fourth-order valence-electron chi connectivity index (χ4n) is 2.25. The van der Waals surface area contributed by atoms with Crippen LogP contribution in [0.5, 0.6) is 0 Å². The molecule has 0 radical (unpaired) electrons. The predicted octanol–water partition coefficient (Wildman–Crippen LogP) is 3.71. The molecule has 0 aliphatic heterocycles. The van der Waals surface area contributed by atoms with Gasteiger partial charge in [0.1, 0.15) is 23.3 Å². The second kappa shape index (κ2) is 5.68. The standard InChI is InChI=1S/C16H19FN4/c1-10(11-5-7-13(17)8-6-11)19-15-9-14(18-2)20-16(21-15)12-3-4-12/h5-10,12H,3-4H2,1-2H3,(H2,18,19,20,21). The van der Waals surface area contributed by atoms with Crippen LogP contribution in [0.3, 0.4) is 0 Å². The Bertz CT molecular complexity index is 623. The van der Waals surface area contributed by atoms with E-state index in [0.717, 1.165) is 23.0 Å². The van der Waals surface area contributed by atoms with E-state index in [-0.39, 0.29) is 11.9 Å². The second-order valence-corrected chi connectivity index (χ2v) is 5.44. The van der Waals surface area contributed by atoms with E-state index in [1.54, 1.807) is 12.1 Å². The summed E-state index contributed by atoms with van der Waals surface area (Å²) in [5.41, 5.74) is 1.02. The lowest BCUT2D eigenvalue weighted by molar-refractivity contribution is 0.626. The quantitative estimate of drug-likeness (QED) is 0.879. The van der Waals surface area contributed by atoms with Gasteiger partial charge in [0.15, 0.2) is 0 Å². The Hall–Kier alpha value is -2.17. The van der Waals surface area contributed by atoms with Crippen LogP contribution in [0.25, 0.3) is 0 Å². The molecule has 0 amide bonds. The molecule has 1 atom stereocenters. The summed E-state index contributed by atoms with van der Waals surface area (Å²) in [6, 6.07) is 8.47. The Morgan fingerprint density at radius 3 is 2.43 bits per heavy atom. The highest BCUT2D eigenvalue weighted by Crippen LogP contribution is 2.39. The Morgan fingerprint density at radius 1 is 1.14 bits per heavy atom. The van der Waals surface area contributed by atoms with Gasteiger partial charge < -0.3 is 10.6 Å². The van der Waals surface area contributed by atoms with Crippen molar-refractivity contribution in [2.45, 2.75) is 31.7 Å². The van der Waals surface area contributed by atoms with Crippen LogP contribution in [0.4, 0.5) is 16.0 Å². The van der Waals surface area contributed by atoms with Crippen molar-refractivity contribution >= 4 is 11.6 Å². The number of hydrogen-bond acceptors (Lipinski definition) is 4. The molecule has 1 aromatic heterocycles. The Morgan fingerprint density at radius 2 is 1.81 bits per heavy atom. The summed E-state index contributed by atoms with van der Waals surface area (Å²) in [6.07, 6.45) is 2.33. The summed E-state index contributed by atoms with van der Waals surface area (Å²) in [5.74, 6) is 2.80. The van der Waals surface area contributed by atoms with Gasteiger partial charge in [-0.05, 0) is 37.5 Å². The van der Waals surface area contributed by atoms with Crippen LogP contribution in [-0.2, 0) is 0 Å². The molecule has 0 saturated heterocycles. The predicted molar refractivity (Wildman–Crippen MR) is 82.0 cm³/mol. The molecule has 21 heavy (non-hydrogen) atoms. The number of halogens is 1. The third-order valence-electron chi connectivity index (χ3n) is 3.68. The number of hydrogen-bond donors (Lipinski definition) is 2. The van der Waals surface area contributed by atoms with Crippen molar-refractivity contribution in [1.82, 2.24) is 9.97 Å². The van der Waals surface area contributed by atoms with E-state index in [0.29, 0.717) is 5.92 Å². The first kappa shape index (κ1) is 13.8. The number of nitrogens with zero attached hydrogens (tertiary/aromatic N) is 2. The van der Waals surface area contributed by atoms with Crippen molar-refractivity contribution in [3.63, 3.8) is 0 Å². The van der Waals surface area contributed by atoms with Crippen molar-refractivity contribution in [1.29, 1.82) is 0 Å². The summed E-state index contributed by atoms with van der Waals surface area (Å²) in [7, 11) is 1.85. The van der Waals surface area contributed by atoms with Gasteiger partial charge in [-0.15, -0.1) is 0 Å². The van der Waals surface area contributed by atoms with Gasteiger partial charge >= 0.3 is 0 Å². The number of nitrogens with one attached hydrogen (secondary N) is 2. The smallest absolute Gasteiger partial charge is 0.136 e. The molecule has 0 spiro atoms. The third-order valence-corrected chi connectivity index (χ3v) is 3.68. The molecule has 1 aliphatic rings. The molecule has 1 fully saturated rings. The highest BCUT2D eigenvalue weighted by molar-refractivity contribution is 5.49. The van der Waals surface area contributed by atoms with Crippen molar-refractivity contribution in [2.24, 2.45) is 0 Å². The largest absolute Gasteiger partial charge is 0.373 e. The minimum Gasteiger partial charge on any atom is -0.373 e. The molecule has 5 heteroatoms. The summed E-state index contributed by atoms with van der Waals surface area (Å²) < 4.78 is 13.0. The summed E-state index contributed by atoms with van der Waals surface area (Å²) in [5, 5.41) is 6.43. The van der Waals surface area contributed by atoms with Crippen molar-refractivity contribution < 1.29 is 4.39 Å². The maximum atomic E-state index is 13.0. The van der Waals surface area contributed by atoms with E-state index in [1.165, 1.54) is 25.0 Å². The Kier molecular flexibility index (Phi) is 3.73. The fourth-order valence-corrected chi connectivity index (χ4v) is 2.25. The van der Waals surface area contributed by atoms with Gasteiger partial charge in [0.2, 0.25) is 0 Å². The lowest BCUT2D eigenvalue weighted by atomic mass is 10.1. The lowest BCUT2D eigenvalue weighted by Crippen LogP contribution is -2.10. The molecular weight excluding hydrogens is 267 g/mol. The Balaban J connectivity index is 1.79. The van der Waals surface area contributed by atoms with Crippen LogP contribution in [0.15, 0.2) is 30.3 Å². The highest BCUT2D eigenvalue weighted by Gasteiger charge is 2.27. The third kappa shape index (κ3) is 3.29. The number of benzene rings is 1. The van der Waals surface area contributed by atoms with Crippen LogP contribution in [0, 0.1) is 5.82 Å². The SMILES string of the molecule is CNc1cc(NC(C)c2ccc(F)cc2)nc(C2CC2)n1. The first-order chi connectivity index (χ1) is 10.2. The molecule has 1 aliphatic carbocycles. The average molecular weight is 286 g/mol. The van der Waals surface area contributed by atoms with Crippen LogP contribution < -0.4 is 10.6 Å². The van der Waals surface area contributed by atoms with Crippen LogP contribution in [-0.4, -0.2) is 17.0 Å². The minimum atomic E-state index is -0.221. The van der Waals surface area contributed by atoms with Crippen molar-refractivity contribution in [3.05, 3.63) is 47.5 Å². The number of anilines is 2. The number of rotatable bonds is 5. The lowest BCUT2D eigenvalue weighted by Gasteiger charge is -2.16. The molecular formula is C16H19FN4. The van der Waals surface area contributed by atoms with E-state index < -0.39 is 0 Å². The zero-order valence-corrected chi connectivity index (χ0v) is 12.2. The van der Waals surface area contributed by atoms with E-state index >= 15 is 0 Å². The monoisotopic (exact) mass is 286 g/mol. The summed E-state index contributed by atoms with van der Waals surface area (Å²) in [4.78, 5) is 9.08. The molecule has 3 rings (SSSR count). The molecule has 0 bridgehead atoms. The fraction of sp³-hybridized carbons (Fsp3) is 0.375. The Labute approximate surface area is 123 Å². The van der Waals surface area contributed by atoms with Gasteiger partial charge in [-0.2, -0.15) is 0 Å². The van der Waals surface area contributed by atoms with Gasteiger partial charge in [-0.1, -0.05) is 12.1 Å².